The minimum atomic E-state index is -4.10. The molecule has 0 aromatic carbocycles. The van der Waals surface area contributed by atoms with Gasteiger partial charge >= 0.3 is 20.8 Å². The SMILES string of the molecule is CC(CCOS(=O)(=O)O[Si](C)(C)C)OS(=O)(=O)O[Si](C)(C)C. The second-order valence-corrected chi connectivity index (χ2v) is 18.6. The summed E-state index contributed by atoms with van der Waals surface area (Å²) < 4.78 is 65.5. The van der Waals surface area contributed by atoms with E-state index in [1.54, 1.807) is 39.3 Å². The van der Waals surface area contributed by atoms with Crippen molar-refractivity contribution >= 4 is 37.4 Å². The Morgan fingerprint density at radius 3 is 1.64 bits per heavy atom. The molecule has 1 unspecified atom stereocenters. The maximum atomic E-state index is 11.6. The van der Waals surface area contributed by atoms with Gasteiger partial charge in [-0.3, -0.25) is 7.74 Å². The van der Waals surface area contributed by atoms with Crippen LogP contribution in [0.2, 0.25) is 39.3 Å². The predicted octanol–water partition coefficient (Wildman–Crippen LogP) is 1.99. The highest BCUT2D eigenvalue weighted by molar-refractivity contribution is 7.83. The lowest BCUT2D eigenvalue weighted by Gasteiger charge is -2.19. The standard InChI is InChI=1S/C10H26O8S2Si2/c1-10(16-20(13,14)18-22(5,6)7)8-9-15-19(11,12)17-21(2,3)4/h10H,8-9H2,1-7H3. The van der Waals surface area contributed by atoms with Gasteiger partial charge in [0.05, 0.1) is 12.7 Å². The first-order chi connectivity index (χ1) is 9.52. The molecule has 0 N–H and O–H groups in total. The van der Waals surface area contributed by atoms with E-state index in [4.69, 9.17) is 11.9 Å². The van der Waals surface area contributed by atoms with Crippen LogP contribution in [0.5, 0.6) is 0 Å². The van der Waals surface area contributed by atoms with E-state index in [0.717, 1.165) is 0 Å². The zero-order valence-corrected chi connectivity index (χ0v) is 17.7. The fourth-order valence-electron chi connectivity index (χ4n) is 1.22. The molecule has 0 heterocycles. The molecule has 0 fully saturated rings. The van der Waals surface area contributed by atoms with Crippen LogP contribution in [0.3, 0.4) is 0 Å². The fourth-order valence-corrected chi connectivity index (χ4v) is 7.27. The first kappa shape index (κ1) is 22.2. The predicted molar refractivity (Wildman–Crippen MR) is 87.8 cm³/mol. The summed E-state index contributed by atoms with van der Waals surface area (Å²) in [6.07, 6.45) is -0.716. The van der Waals surface area contributed by atoms with E-state index in [2.05, 4.69) is 4.18 Å². The average molecular weight is 395 g/mol. The van der Waals surface area contributed by atoms with Gasteiger partial charge in [0.2, 0.25) is 16.6 Å². The molecule has 134 valence electrons. The molecular weight excluding hydrogens is 368 g/mol. The summed E-state index contributed by atoms with van der Waals surface area (Å²) in [7, 11) is -12.8. The van der Waals surface area contributed by atoms with E-state index >= 15 is 0 Å². The summed E-state index contributed by atoms with van der Waals surface area (Å²) in [4.78, 5) is 0. The second kappa shape index (κ2) is 7.83. The molecule has 0 amide bonds. The van der Waals surface area contributed by atoms with Gasteiger partial charge in [-0.1, -0.05) is 0 Å². The van der Waals surface area contributed by atoms with Crippen molar-refractivity contribution in [2.45, 2.75) is 58.7 Å². The van der Waals surface area contributed by atoms with Crippen molar-refractivity contribution in [1.82, 2.24) is 0 Å². The van der Waals surface area contributed by atoms with Crippen LogP contribution in [0.15, 0.2) is 0 Å². The number of hydrogen-bond donors (Lipinski definition) is 0. The third-order valence-electron chi connectivity index (χ3n) is 1.74. The molecule has 0 rings (SSSR count). The van der Waals surface area contributed by atoms with Crippen molar-refractivity contribution in [3.63, 3.8) is 0 Å². The molecule has 22 heavy (non-hydrogen) atoms. The van der Waals surface area contributed by atoms with Crippen LogP contribution in [0, 0.1) is 0 Å². The quantitative estimate of drug-likeness (QED) is 0.518. The van der Waals surface area contributed by atoms with Gasteiger partial charge in [-0.05, 0) is 52.6 Å². The normalized spacial score (nSPS) is 15.8. The Labute approximate surface area is 136 Å². The summed E-state index contributed by atoms with van der Waals surface area (Å²) in [5.41, 5.74) is 0. The van der Waals surface area contributed by atoms with Crippen LogP contribution in [0.25, 0.3) is 0 Å². The summed E-state index contributed by atoms with van der Waals surface area (Å²) in [6, 6.07) is 0. The molecule has 0 radical (unpaired) electrons. The molecule has 12 heteroatoms. The van der Waals surface area contributed by atoms with E-state index in [-0.39, 0.29) is 13.0 Å². The molecule has 0 spiro atoms. The minimum Gasteiger partial charge on any atom is -0.294 e. The second-order valence-electron chi connectivity index (χ2n) is 6.73. The summed E-state index contributed by atoms with van der Waals surface area (Å²) in [5, 5.41) is 0. The molecule has 0 aliphatic carbocycles. The van der Waals surface area contributed by atoms with E-state index in [1.807, 2.05) is 0 Å². The molecule has 8 nitrogen and oxygen atoms in total. The first-order valence-electron chi connectivity index (χ1n) is 6.75. The maximum absolute atomic E-state index is 11.6. The Balaban J connectivity index is 4.34. The van der Waals surface area contributed by atoms with Crippen LogP contribution in [0.1, 0.15) is 13.3 Å². The first-order valence-corrected chi connectivity index (χ1v) is 16.2. The summed E-state index contributed by atoms with van der Waals surface area (Å²) in [5.74, 6) is 0. The van der Waals surface area contributed by atoms with Crippen molar-refractivity contribution in [2.24, 2.45) is 0 Å². The van der Waals surface area contributed by atoms with Gasteiger partial charge in [0.25, 0.3) is 0 Å². The highest BCUT2D eigenvalue weighted by Crippen LogP contribution is 2.14. The van der Waals surface area contributed by atoms with Gasteiger partial charge in [-0.15, -0.1) is 0 Å². The summed E-state index contributed by atoms with van der Waals surface area (Å²) >= 11 is 0. The Hall–Kier alpha value is 0.174. The molecule has 0 saturated carbocycles. The zero-order chi connectivity index (χ0) is 17.8. The van der Waals surface area contributed by atoms with Gasteiger partial charge in [0.1, 0.15) is 0 Å². The van der Waals surface area contributed by atoms with Crippen LogP contribution >= 0.6 is 0 Å². The fraction of sp³-hybridized carbons (Fsp3) is 1.00. The van der Waals surface area contributed by atoms with Crippen LogP contribution in [-0.4, -0.2) is 46.2 Å². The minimum absolute atomic E-state index is 0.0581. The molecular formula is C10H26O8S2Si2. The van der Waals surface area contributed by atoms with E-state index < -0.39 is 43.5 Å². The molecule has 0 bridgehead atoms. The Bertz CT molecular complexity index is 544. The Kier molecular flexibility index (Phi) is 7.89. The van der Waals surface area contributed by atoms with Crippen LogP contribution in [-0.2, 0) is 36.9 Å². The van der Waals surface area contributed by atoms with Crippen molar-refractivity contribution in [3.8, 4) is 0 Å². The number of hydrogen-bond acceptors (Lipinski definition) is 8. The van der Waals surface area contributed by atoms with Crippen molar-refractivity contribution < 1.29 is 32.9 Å². The molecule has 0 saturated heterocycles. The van der Waals surface area contributed by atoms with Crippen molar-refractivity contribution in [2.75, 3.05) is 6.61 Å². The number of rotatable bonds is 10. The smallest absolute Gasteiger partial charge is 0.294 e. The lowest BCUT2D eigenvalue weighted by atomic mass is 10.3. The summed E-state index contributed by atoms with van der Waals surface area (Å²) in [6.45, 7) is 11.5. The monoisotopic (exact) mass is 394 g/mol. The Morgan fingerprint density at radius 1 is 0.818 bits per heavy atom. The lowest BCUT2D eigenvalue weighted by Crippen LogP contribution is -2.32. The van der Waals surface area contributed by atoms with Gasteiger partial charge in [0, 0.05) is 0 Å². The Morgan fingerprint density at radius 2 is 1.23 bits per heavy atom. The highest BCUT2D eigenvalue weighted by Gasteiger charge is 2.28. The van der Waals surface area contributed by atoms with Crippen LogP contribution < -0.4 is 0 Å². The van der Waals surface area contributed by atoms with Crippen molar-refractivity contribution in [1.29, 1.82) is 0 Å². The molecule has 0 aliphatic rings. The van der Waals surface area contributed by atoms with Gasteiger partial charge in [-0.2, -0.15) is 16.8 Å². The lowest BCUT2D eigenvalue weighted by molar-refractivity contribution is 0.162. The molecule has 0 aromatic heterocycles. The van der Waals surface area contributed by atoms with E-state index in [0.29, 0.717) is 0 Å². The third kappa shape index (κ3) is 12.7. The van der Waals surface area contributed by atoms with Gasteiger partial charge in [-0.25, -0.2) is 8.37 Å². The largest absolute Gasteiger partial charge is 0.390 e. The van der Waals surface area contributed by atoms with Crippen molar-refractivity contribution in [3.05, 3.63) is 0 Å². The highest BCUT2D eigenvalue weighted by atomic mass is 32.3. The zero-order valence-electron chi connectivity index (χ0n) is 14.1. The van der Waals surface area contributed by atoms with E-state index in [1.165, 1.54) is 6.92 Å². The van der Waals surface area contributed by atoms with Crippen LogP contribution in [0.4, 0.5) is 0 Å². The molecule has 1 atom stereocenters. The third-order valence-corrected chi connectivity index (χ3v) is 8.39. The van der Waals surface area contributed by atoms with Gasteiger partial charge < -0.3 is 0 Å². The van der Waals surface area contributed by atoms with Gasteiger partial charge in [0.15, 0.2) is 0 Å². The van der Waals surface area contributed by atoms with E-state index in [9.17, 15) is 16.8 Å². The topological polar surface area (TPSA) is 105 Å². The maximum Gasteiger partial charge on any atom is 0.390 e. The average Bonchev–Trinajstić information content (AvgIpc) is 2.06. The molecule has 0 aliphatic heterocycles. The molecule has 0 aromatic rings.